The third-order valence-electron chi connectivity index (χ3n) is 5.20. The smallest absolute Gasteiger partial charge is 0.159 e. The largest absolute Gasteiger partial charge is 0.390 e. The number of fused-ring (bicyclic) bond motifs is 1. The van der Waals surface area contributed by atoms with Crippen molar-refractivity contribution >= 4 is 5.65 Å². The summed E-state index contributed by atoms with van der Waals surface area (Å²) in [7, 11) is 0. The molecule has 2 aromatic heterocycles. The van der Waals surface area contributed by atoms with E-state index in [-0.39, 0.29) is 11.7 Å². The van der Waals surface area contributed by atoms with Crippen LogP contribution >= 0.6 is 0 Å². The van der Waals surface area contributed by atoms with Gasteiger partial charge in [-0.15, -0.1) is 0 Å². The van der Waals surface area contributed by atoms with E-state index in [1.165, 1.54) is 0 Å². The first-order valence-corrected chi connectivity index (χ1v) is 8.43. The van der Waals surface area contributed by atoms with E-state index in [9.17, 15) is 5.11 Å². The number of nitrogens with zero attached hydrogens (tertiary/aromatic N) is 4. The van der Waals surface area contributed by atoms with Crippen LogP contribution in [-0.4, -0.2) is 56.0 Å². The molecule has 4 rings (SSSR count). The number of ether oxygens (including phenoxy) is 1. The lowest BCUT2D eigenvalue weighted by molar-refractivity contribution is -0.132. The van der Waals surface area contributed by atoms with E-state index < -0.39 is 0 Å². The second-order valence-electron chi connectivity index (χ2n) is 6.98. The molecule has 1 spiro atoms. The number of hydrogen-bond acceptors (Lipinski definition) is 5. The average molecular weight is 316 g/mol. The van der Waals surface area contributed by atoms with E-state index in [2.05, 4.69) is 21.9 Å². The van der Waals surface area contributed by atoms with Gasteiger partial charge in [0.25, 0.3) is 0 Å². The van der Waals surface area contributed by atoms with E-state index in [4.69, 9.17) is 4.74 Å². The lowest BCUT2D eigenvalue weighted by Gasteiger charge is -2.43. The minimum atomic E-state index is -0.361. The molecule has 2 aromatic rings. The Hall–Kier alpha value is -1.50. The maximum Gasteiger partial charge on any atom is 0.159 e. The first-order chi connectivity index (χ1) is 11.1. The molecule has 1 N–H and O–H groups in total. The van der Waals surface area contributed by atoms with Gasteiger partial charge in [-0.2, -0.15) is 5.10 Å². The third-order valence-corrected chi connectivity index (χ3v) is 5.20. The van der Waals surface area contributed by atoms with Crippen LogP contribution in [0.3, 0.4) is 0 Å². The van der Waals surface area contributed by atoms with Gasteiger partial charge in [-0.25, -0.2) is 9.50 Å². The van der Waals surface area contributed by atoms with E-state index in [0.29, 0.717) is 0 Å². The SMILES string of the molecule is Cc1cc(C)n2ncc(CN3CC[C@H](O)[C@]4(CCCO4)C3)c2n1. The Morgan fingerprint density at radius 2 is 2.30 bits per heavy atom. The van der Waals surface area contributed by atoms with Gasteiger partial charge in [-0.1, -0.05) is 0 Å². The molecule has 2 atom stereocenters. The van der Waals surface area contributed by atoms with Gasteiger partial charge in [0.05, 0.1) is 12.3 Å². The molecule has 2 saturated heterocycles. The molecule has 2 fully saturated rings. The Morgan fingerprint density at radius 1 is 1.43 bits per heavy atom. The zero-order chi connectivity index (χ0) is 16.0. The van der Waals surface area contributed by atoms with Crippen LogP contribution in [0.15, 0.2) is 12.3 Å². The predicted octanol–water partition coefficient (Wildman–Crippen LogP) is 1.46. The Labute approximate surface area is 136 Å². The van der Waals surface area contributed by atoms with Gasteiger partial charge < -0.3 is 9.84 Å². The molecule has 0 amide bonds. The minimum Gasteiger partial charge on any atom is -0.390 e. The fourth-order valence-corrected chi connectivity index (χ4v) is 4.04. The lowest BCUT2D eigenvalue weighted by atomic mass is 9.87. The molecular formula is C17H24N4O2. The molecule has 6 nitrogen and oxygen atoms in total. The van der Waals surface area contributed by atoms with Gasteiger partial charge in [0.1, 0.15) is 5.60 Å². The second kappa shape index (κ2) is 5.54. The van der Waals surface area contributed by atoms with Crippen molar-refractivity contribution < 1.29 is 9.84 Å². The number of aliphatic hydroxyl groups excluding tert-OH is 1. The van der Waals surface area contributed by atoms with Gasteiger partial charge in [0.2, 0.25) is 0 Å². The molecule has 0 radical (unpaired) electrons. The molecule has 0 aliphatic carbocycles. The summed E-state index contributed by atoms with van der Waals surface area (Å²) < 4.78 is 7.85. The second-order valence-corrected chi connectivity index (χ2v) is 6.98. The summed E-state index contributed by atoms with van der Waals surface area (Å²) in [6.45, 7) is 7.31. The summed E-state index contributed by atoms with van der Waals surface area (Å²) in [4.78, 5) is 7.03. The molecule has 0 aromatic carbocycles. The first kappa shape index (κ1) is 15.1. The van der Waals surface area contributed by atoms with E-state index >= 15 is 0 Å². The van der Waals surface area contributed by atoms with Crippen LogP contribution in [0.1, 0.15) is 36.2 Å². The van der Waals surface area contributed by atoms with Crippen LogP contribution in [-0.2, 0) is 11.3 Å². The maximum atomic E-state index is 10.4. The number of aromatic nitrogens is 3. The summed E-state index contributed by atoms with van der Waals surface area (Å²) in [5.74, 6) is 0. The number of aryl methyl sites for hydroxylation is 2. The Kier molecular flexibility index (Phi) is 3.63. The molecule has 0 unspecified atom stereocenters. The highest BCUT2D eigenvalue weighted by Gasteiger charge is 2.46. The van der Waals surface area contributed by atoms with E-state index in [1.807, 2.05) is 23.7 Å². The standard InChI is InChI=1S/C17H24N4O2/c1-12-8-13(2)21-16(19-12)14(9-18-21)10-20-6-4-15(22)17(11-20)5-3-7-23-17/h8-9,15,22H,3-7,10-11H2,1-2H3/t15-,17-/m0/s1. The molecule has 4 heterocycles. The number of piperidine rings is 1. The number of aliphatic hydroxyl groups is 1. The van der Waals surface area contributed by atoms with Gasteiger partial charge in [0, 0.05) is 43.2 Å². The molecule has 0 saturated carbocycles. The molecule has 124 valence electrons. The number of likely N-dealkylation sites (tertiary alicyclic amines) is 1. The van der Waals surface area contributed by atoms with Gasteiger partial charge in [-0.3, -0.25) is 4.90 Å². The predicted molar refractivity (Wildman–Crippen MR) is 86.3 cm³/mol. The Morgan fingerprint density at radius 3 is 3.09 bits per heavy atom. The van der Waals surface area contributed by atoms with Crippen molar-refractivity contribution in [3.63, 3.8) is 0 Å². The van der Waals surface area contributed by atoms with Gasteiger partial charge >= 0.3 is 0 Å². The molecule has 23 heavy (non-hydrogen) atoms. The maximum absolute atomic E-state index is 10.4. The van der Waals surface area contributed by atoms with Crippen molar-refractivity contribution in [1.82, 2.24) is 19.5 Å². The van der Waals surface area contributed by atoms with Crippen LogP contribution in [0.25, 0.3) is 5.65 Å². The highest BCUT2D eigenvalue weighted by atomic mass is 16.5. The van der Waals surface area contributed by atoms with Gasteiger partial charge in [0.15, 0.2) is 5.65 Å². The Bertz CT molecular complexity index is 721. The van der Waals surface area contributed by atoms with Crippen molar-refractivity contribution in [2.24, 2.45) is 0 Å². The molecule has 0 bridgehead atoms. The van der Waals surface area contributed by atoms with E-state index in [0.717, 1.165) is 68.1 Å². The Balaban J connectivity index is 1.59. The molecule has 2 aliphatic rings. The van der Waals surface area contributed by atoms with Crippen LogP contribution in [0.4, 0.5) is 0 Å². The number of hydrogen-bond donors (Lipinski definition) is 1. The molecular weight excluding hydrogens is 292 g/mol. The summed E-state index contributed by atoms with van der Waals surface area (Å²) >= 11 is 0. The zero-order valence-corrected chi connectivity index (χ0v) is 13.8. The van der Waals surface area contributed by atoms with Crippen molar-refractivity contribution in [3.8, 4) is 0 Å². The average Bonchev–Trinajstić information content (AvgIpc) is 3.12. The first-order valence-electron chi connectivity index (χ1n) is 8.43. The normalized spacial score (nSPS) is 28.9. The molecule has 2 aliphatic heterocycles. The quantitative estimate of drug-likeness (QED) is 0.909. The number of rotatable bonds is 2. The lowest BCUT2D eigenvalue weighted by Crippen LogP contribution is -2.56. The van der Waals surface area contributed by atoms with Gasteiger partial charge in [-0.05, 0) is 39.2 Å². The summed E-state index contributed by atoms with van der Waals surface area (Å²) in [6.07, 6.45) is 4.34. The van der Waals surface area contributed by atoms with Crippen molar-refractivity contribution in [2.75, 3.05) is 19.7 Å². The van der Waals surface area contributed by atoms with Crippen LogP contribution in [0, 0.1) is 13.8 Å². The summed E-state index contributed by atoms with van der Waals surface area (Å²) in [5, 5.41) is 14.8. The van der Waals surface area contributed by atoms with Crippen molar-refractivity contribution in [1.29, 1.82) is 0 Å². The highest BCUT2D eigenvalue weighted by molar-refractivity contribution is 5.47. The third kappa shape index (κ3) is 2.55. The molecule has 6 heteroatoms. The van der Waals surface area contributed by atoms with Crippen molar-refractivity contribution in [2.45, 2.75) is 51.4 Å². The van der Waals surface area contributed by atoms with Crippen LogP contribution in [0.5, 0.6) is 0 Å². The zero-order valence-electron chi connectivity index (χ0n) is 13.8. The van der Waals surface area contributed by atoms with Crippen LogP contribution in [0.2, 0.25) is 0 Å². The monoisotopic (exact) mass is 316 g/mol. The topological polar surface area (TPSA) is 62.9 Å². The minimum absolute atomic E-state index is 0.340. The van der Waals surface area contributed by atoms with Crippen molar-refractivity contribution in [3.05, 3.63) is 29.2 Å². The fraction of sp³-hybridized carbons (Fsp3) is 0.647. The summed E-state index contributed by atoms with van der Waals surface area (Å²) in [5.41, 5.74) is 3.83. The fourth-order valence-electron chi connectivity index (χ4n) is 4.04. The van der Waals surface area contributed by atoms with E-state index in [1.54, 1.807) is 0 Å². The van der Waals surface area contributed by atoms with Crippen LogP contribution < -0.4 is 0 Å². The summed E-state index contributed by atoms with van der Waals surface area (Å²) in [6, 6.07) is 2.04. The highest BCUT2D eigenvalue weighted by Crippen LogP contribution is 2.35.